The lowest BCUT2D eigenvalue weighted by Crippen LogP contribution is -2.29. The molecule has 2 aliphatic rings. The number of imide groups is 1. The van der Waals surface area contributed by atoms with Crippen molar-refractivity contribution in [2.45, 2.75) is 32.2 Å². The highest BCUT2D eigenvalue weighted by Gasteiger charge is 2.36. The standard InChI is InChI=1S/C28H22FN5O3/c29-22-13-12-17(25-32-31-24-11-2-1-5-14-33(24)25)16-23(22)30-26(35)18-7-6-8-19(15-18)34-27(36)20-9-3-4-10-21(20)28(34)37/h3-4,6-10,12-13,15-16H,1-2,5,11,14H2,(H,30,35). The van der Waals surface area contributed by atoms with Gasteiger partial charge in [0.2, 0.25) is 0 Å². The second-order valence-corrected chi connectivity index (χ2v) is 9.09. The number of hydrogen-bond donors (Lipinski definition) is 1. The molecule has 4 aromatic rings. The molecule has 0 atom stereocenters. The number of rotatable bonds is 4. The lowest BCUT2D eigenvalue weighted by atomic mass is 10.1. The number of amides is 3. The Bertz CT molecular complexity index is 1540. The van der Waals surface area contributed by atoms with E-state index in [2.05, 4.69) is 20.1 Å². The summed E-state index contributed by atoms with van der Waals surface area (Å²) in [5, 5.41) is 11.2. The third kappa shape index (κ3) is 3.98. The molecule has 0 saturated carbocycles. The fourth-order valence-corrected chi connectivity index (χ4v) is 4.86. The van der Waals surface area contributed by atoms with Crippen LogP contribution in [0.3, 0.4) is 0 Å². The van der Waals surface area contributed by atoms with E-state index < -0.39 is 23.5 Å². The molecule has 8 nitrogen and oxygen atoms in total. The van der Waals surface area contributed by atoms with E-state index in [1.165, 1.54) is 18.2 Å². The molecule has 37 heavy (non-hydrogen) atoms. The van der Waals surface area contributed by atoms with Gasteiger partial charge >= 0.3 is 0 Å². The van der Waals surface area contributed by atoms with Gasteiger partial charge in [-0.05, 0) is 61.4 Å². The summed E-state index contributed by atoms with van der Waals surface area (Å²) in [7, 11) is 0. The highest BCUT2D eigenvalue weighted by atomic mass is 19.1. The number of fused-ring (bicyclic) bond motifs is 2. The molecule has 0 bridgehead atoms. The Morgan fingerprint density at radius 1 is 0.865 bits per heavy atom. The van der Waals surface area contributed by atoms with Crippen LogP contribution >= 0.6 is 0 Å². The molecule has 184 valence electrons. The van der Waals surface area contributed by atoms with Crippen LogP contribution in [0, 0.1) is 5.82 Å². The molecule has 6 rings (SSSR count). The Labute approximate surface area is 211 Å². The van der Waals surface area contributed by atoms with Gasteiger partial charge in [0.15, 0.2) is 5.82 Å². The first-order chi connectivity index (χ1) is 18.0. The number of aromatic nitrogens is 3. The quantitative estimate of drug-likeness (QED) is 0.408. The van der Waals surface area contributed by atoms with Crippen LogP contribution in [-0.4, -0.2) is 32.5 Å². The number of carbonyl (C=O) groups is 3. The molecule has 3 aromatic carbocycles. The minimum atomic E-state index is -0.593. The monoisotopic (exact) mass is 495 g/mol. The molecule has 0 fully saturated rings. The maximum atomic E-state index is 14.7. The third-order valence-corrected chi connectivity index (χ3v) is 6.74. The van der Waals surface area contributed by atoms with Crippen molar-refractivity contribution in [1.82, 2.24) is 14.8 Å². The second-order valence-electron chi connectivity index (χ2n) is 9.09. The van der Waals surface area contributed by atoms with Crippen LogP contribution in [0.1, 0.15) is 56.2 Å². The van der Waals surface area contributed by atoms with E-state index in [1.807, 2.05) is 0 Å². The van der Waals surface area contributed by atoms with Gasteiger partial charge in [0, 0.05) is 24.1 Å². The zero-order valence-electron chi connectivity index (χ0n) is 19.8. The number of halogens is 1. The highest BCUT2D eigenvalue weighted by molar-refractivity contribution is 6.34. The summed E-state index contributed by atoms with van der Waals surface area (Å²) in [6, 6.07) is 17.2. The van der Waals surface area contributed by atoms with Gasteiger partial charge in [-0.15, -0.1) is 10.2 Å². The molecule has 0 unspecified atom stereocenters. The number of aryl methyl sites for hydroxylation is 1. The number of hydrogen-bond acceptors (Lipinski definition) is 5. The SMILES string of the molecule is O=C(Nc1cc(-c2nnc3n2CCCCC3)ccc1F)c1cccc(N2C(=O)c3ccccc3C2=O)c1. The van der Waals surface area contributed by atoms with Crippen LogP contribution < -0.4 is 10.2 Å². The van der Waals surface area contributed by atoms with Gasteiger partial charge in [0.25, 0.3) is 17.7 Å². The first-order valence-corrected chi connectivity index (χ1v) is 12.1. The Kier molecular flexibility index (Phi) is 5.60. The summed E-state index contributed by atoms with van der Waals surface area (Å²) in [5.74, 6) is -0.528. The Balaban J connectivity index is 1.27. The molecule has 0 aliphatic carbocycles. The summed E-state index contributed by atoms with van der Waals surface area (Å²) >= 11 is 0. The van der Waals surface area contributed by atoms with Crippen molar-refractivity contribution >= 4 is 29.1 Å². The van der Waals surface area contributed by atoms with E-state index in [0.717, 1.165) is 43.0 Å². The van der Waals surface area contributed by atoms with Crippen LogP contribution in [0.15, 0.2) is 66.7 Å². The molecule has 9 heteroatoms. The zero-order chi connectivity index (χ0) is 25.5. The van der Waals surface area contributed by atoms with Crippen LogP contribution in [0.5, 0.6) is 0 Å². The lowest BCUT2D eigenvalue weighted by Gasteiger charge is -2.15. The first-order valence-electron chi connectivity index (χ1n) is 12.1. The lowest BCUT2D eigenvalue weighted by molar-refractivity contribution is 0.0924. The molecule has 3 amide bonds. The van der Waals surface area contributed by atoms with Crippen molar-refractivity contribution in [3.05, 3.63) is 95.1 Å². The van der Waals surface area contributed by atoms with E-state index in [-0.39, 0.29) is 16.9 Å². The fraction of sp³-hybridized carbons (Fsp3) is 0.179. The van der Waals surface area contributed by atoms with Crippen molar-refractivity contribution in [3.63, 3.8) is 0 Å². The summed E-state index contributed by atoms with van der Waals surface area (Å²) in [5.41, 5.74) is 1.71. The van der Waals surface area contributed by atoms with Gasteiger partial charge in [0.05, 0.1) is 22.5 Å². The molecule has 0 spiro atoms. The third-order valence-electron chi connectivity index (χ3n) is 6.74. The highest BCUT2D eigenvalue weighted by Crippen LogP contribution is 2.30. The number of carbonyl (C=O) groups excluding carboxylic acids is 3. The average molecular weight is 496 g/mol. The van der Waals surface area contributed by atoms with Gasteiger partial charge in [0.1, 0.15) is 11.6 Å². The Morgan fingerprint density at radius 2 is 1.65 bits per heavy atom. The number of nitrogens with one attached hydrogen (secondary N) is 1. The van der Waals surface area contributed by atoms with Crippen molar-refractivity contribution in [2.75, 3.05) is 10.2 Å². The molecule has 3 heterocycles. The van der Waals surface area contributed by atoms with Crippen molar-refractivity contribution in [1.29, 1.82) is 0 Å². The van der Waals surface area contributed by atoms with Crippen molar-refractivity contribution in [2.24, 2.45) is 0 Å². The van der Waals surface area contributed by atoms with Gasteiger partial charge in [-0.3, -0.25) is 14.4 Å². The molecule has 0 saturated heterocycles. The summed E-state index contributed by atoms with van der Waals surface area (Å²) in [4.78, 5) is 39.8. The Hall–Kier alpha value is -4.66. The first kappa shape index (κ1) is 22.8. The second kappa shape index (κ2) is 9.09. The molecule has 2 aliphatic heterocycles. The molecule has 0 radical (unpaired) electrons. The molecule has 1 N–H and O–H groups in total. The van der Waals surface area contributed by atoms with Crippen LogP contribution in [0.2, 0.25) is 0 Å². The van der Waals surface area contributed by atoms with E-state index in [1.54, 1.807) is 48.5 Å². The number of anilines is 2. The summed E-state index contributed by atoms with van der Waals surface area (Å²) < 4.78 is 16.8. The normalized spacial score (nSPS) is 14.8. The van der Waals surface area contributed by atoms with E-state index in [4.69, 9.17) is 0 Å². The zero-order valence-corrected chi connectivity index (χ0v) is 19.8. The van der Waals surface area contributed by atoms with Crippen LogP contribution in [0.25, 0.3) is 11.4 Å². The molecular weight excluding hydrogens is 473 g/mol. The average Bonchev–Trinajstić information content (AvgIpc) is 3.32. The predicted molar refractivity (Wildman–Crippen MR) is 135 cm³/mol. The van der Waals surface area contributed by atoms with E-state index >= 15 is 0 Å². The van der Waals surface area contributed by atoms with Crippen LogP contribution in [0.4, 0.5) is 15.8 Å². The van der Waals surface area contributed by atoms with Crippen LogP contribution in [-0.2, 0) is 13.0 Å². The molecular formula is C28H22FN5O3. The summed E-state index contributed by atoms with van der Waals surface area (Å²) in [6.07, 6.45) is 4.05. The molecule has 1 aromatic heterocycles. The smallest absolute Gasteiger partial charge is 0.266 e. The Morgan fingerprint density at radius 3 is 2.43 bits per heavy atom. The predicted octanol–water partition coefficient (Wildman–Crippen LogP) is 4.86. The number of nitrogens with zero attached hydrogens (tertiary/aromatic N) is 4. The van der Waals surface area contributed by atoms with Crippen molar-refractivity contribution in [3.8, 4) is 11.4 Å². The summed E-state index contributed by atoms with van der Waals surface area (Å²) in [6.45, 7) is 0.793. The van der Waals surface area contributed by atoms with Gasteiger partial charge in [-0.25, -0.2) is 9.29 Å². The fourth-order valence-electron chi connectivity index (χ4n) is 4.86. The van der Waals surface area contributed by atoms with E-state index in [9.17, 15) is 18.8 Å². The van der Waals surface area contributed by atoms with Gasteiger partial charge in [-0.2, -0.15) is 0 Å². The largest absolute Gasteiger partial charge is 0.319 e. The minimum absolute atomic E-state index is 0.000365. The van der Waals surface area contributed by atoms with E-state index in [0.29, 0.717) is 22.5 Å². The minimum Gasteiger partial charge on any atom is -0.319 e. The van der Waals surface area contributed by atoms with Gasteiger partial charge in [-0.1, -0.05) is 24.6 Å². The topological polar surface area (TPSA) is 97.2 Å². The van der Waals surface area contributed by atoms with Crippen molar-refractivity contribution < 1.29 is 18.8 Å². The van der Waals surface area contributed by atoms with Gasteiger partial charge < -0.3 is 9.88 Å². The maximum Gasteiger partial charge on any atom is 0.266 e. The maximum absolute atomic E-state index is 14.7. The number of benzene rings is 3.